The minimum Gasteiger partial charge on any atom is -0.352 e. The van der Waals surface area contributed by atoms with E-state index < -0.39 is 5.82 Å². The van der Waals surface area contributed by atoms with Gasteiger partial charge in [0, 0.05) is 25.1 Å². The van der Waals surface area contributed by atoms with Crippen molar-refractivity contribution in [2.75, 3.05) is 12.3 Å². The second-order valence-corrected chi connectivity index (χ2v) is 8.26. The average Bonchev–Trinajstić information content (AvgIpc) is 3.25. The van der Waals surface area contributed by atoms with E-state index in [2.05, 4.69) is 25.9 Å². The molecule has 2 aromatic carbocycles. The van der Waals surface area contributed by atoms with Gasteiger partial charge in [0.25, 0.3) is 5.91 Å². The van der Waals surface area contributed by atoms with Crippen molar-refractivity contribution < 1.29 is 18.4 Å². The van der Waals surface area contributed by atoms with Gasteiger partial charge in [-0.3, -0.25) is 9.59 Å². The number of thioether (sulfide) groups is 1. The summed E-state index contributed by atoms with van der Waals surface area (Å²) in [5, 5.41) is 18.8. The first-order valence-corrected chi connectivity index (χ1v) is 11.4. The summed E-state index contributed by atoms with van der Waals surface area (Å²) in [5.74, 6) is -0.511. The predicted octanol–water partition coefficient (Wildman–Crippen LogP) is 2.78. The number of halogens is 2. The van der Waals surface area contributed by atoms with Gasteiger partial charge < -0.3 is 10.6 Å². The number of hydrogen-bond acceptors (Lipinski definition) is 6. The van der Waals surface area contributed by atoms with Crippen LogP contribution in [0.15, 0.2) is 65.7 Å². The van der Waals surface area contributed by atoms with Crippen LogP contribution in [0.5, 0.6) is 0 Å². The summed E-state index contributed by atoms with van der Waals surface area (Å²) in [4.78, 5) is 24.3. The lowest BCUT2D eigenvalue weighted by atomic mass is 10.2. The zero-order valence-corrected chi connectivity index (χ0v) is 18.7. The summed E-state index contributed by atoms with van der Waals surface area (Å²) in [7, 11) is 0. The van der Waals surface area contributed by atoms with Gasteiger partial charge in [0.1, 0.15) is 16.7 Å². The number of amides is 2. The second-order valence-electron chi connectivity index (χ2n) is 7.26. The Morgan fingerprint density at radius 3 is 2.32 bits per heavy atom. The van der Waals surface area contributed by atoms with Crippen molar-refractivity contribution in [3.8, 4) is 0 Å². The van der Waals surface area contributed by atoms with Crippen molar-refractivity contribution in [1.29, 1.82) is 0 Å². The van der Waals surface area contributed by atoms with Gasteiger partial charge in [-0.1, -0.05) is 23.9 Å². The molecule has 0 atom stereocenters. The van der Waals surface area contributed by atoms with Crippen LogP contribution in [0.25, 0.3) is 5.65 Å². The van der Waals surface area contributed by atoms with Gasteiger partial charge in [0.15, 0.2) is 11.5 Å². The van der Waals surface area contributed by atoms with Crippen molar-refractivity contribution in [2.45, 2.75) is 18.0 Å². The molecule has 174 valence electrons. The Balaban J connectivity index is 1.29. The maximum absolute atomic E-state index is 13.0. The lowest BCUT2D eigenvalue weighted by molar-refractivity contribution is -0.118. The van der Waals surface area contributed by atoms with Gasteiger partial charge in [-0.15, -0.1) is 10.2 Å². The zero-order chi connectivity index (χ0) is 23.9. The molecule has 4 rings (SSSR count). The van der Waals surface area contributed by atoms with Crippen LogP contribution in [0, 0.1) is 11.6 Å². The fraction of sp³-hybridized carbons (Fsp3) is 0.174. The van der Waals surface area contributed by atoms with E-state index in [1.165, 1.54) is 48.2 Å². The van der Waals surface area contributed by atoms with Gasteiger partial charge in [-0.25, -0.2) is 8.78 Å². The Morgan fingerprint density at radius 2 is 1.59 bits per heavy atom. The monoisotopic (exact) mass is 482 g/mol. The molecule has 2 heterocycles. The summed E-state index contributed by atoms with van der Waals surface area (Å²) >= 11 is 1.26. The first kappa shape index (κ1) is 23.3. The minimum absolute atomic E-state index is 0.158. The number of fused-ring (bicyclic) bond motifs is 1. The van der Waals surface area contributed by atoms with E-state index in [1.54, 1.807) is 28.8 Å². The molecule has 4 aromatic rings. The highest BCUT2D eigenvalue weighted by Crippen LogP contribution is 2.16. The van der Waals surface area contributed by atoms with Crippen molar-refractivity contribution in [1.82, 2.24) is 30.4 Å². The molecule has 8 nitrogen and oxygen atoms in total. The number of carbonyl (C=O) groups excluding carboxylic acids is 2. The molecule has 0 aliphatic carbocycles. The molecule has 0 radical (unpaired) electrons. The number of carbonyl (C=O) groups is 2. The topological polar surface area (TPSA) is 101 Å². The Bertz CT molecular complexity index is 1300. The van der Waals surface area contributed by atoms with E-state index in [9.17, 15) is 18.4 Å². The molecular weight excluding hydrogens is 462 g/mol. The van der Waals surface area contributed by atoms with E-state index in [0.29, 0.717) is 41.6 Å². The van der Waals surface area contributed by atoms with E-state index in [-0.39, 0.29) is 23.4 Å². The highest BCUT2D eigenvalue weighted by atomic mass is 32.2. The third-order valence-electron chi connectivity index (χ3n) is 4.80. The minimum atomic E-state index is -0.406. The van der Waals surface area contributed by atoms with Crippen LogP contribution in [0.2, 0.25) is 0 Å². The number of hydrogen-bond donors (Lipinski definition) is 2. The van der Waals surface area contributed by atoms with E-state index in [1.807, 2.05) is 0 Å². The molecule has 0 spiro atoms. The molecule has 34 heavy (non-hydrogen) atoms. The number of nitrogens with one attached hydrogen (secondary N) is 2. The van der Waals surface area contributed by atoms with E-state index in [4.69, 9.17) is 0 Å². The van der Waals surface area contributed by atoms with Crippen LogP contribution < -0.4 is 10.6 Å². The maximum atomic E-state index is 13.0. The first-order valence-electron chi connectivity index (χ1n) is 10.4. The number of benzene rings is 2. The van der Waals surface area contributed by atoms with Crippen LogP contribution >= 0.6 is 11.8 Å². The molecule has 0 fully saturated rings. The standard InChI is InChI=1S/C23H20F2N6O2S/c24-17-5-1-15(2-6-17)13-27-21(32)14-34-22-10-9-19-28-29-20(31(19)30-22)11-12-26-23(33)16-3-7-18(25)8-4-16/h1-10H,11-14H2,(H,26,33)(H,27,32). The molecule has 0 aliphatic heterocycles. The van der Waals surface area contributed by atoms with Crippen LogP contribution in [0.3, 0.4) is 0 Å². The van der Waals surface area contributed by atoms with Gasteiger partial charge in [0.2, 0.25) is 5.91 Å². The number of aromatic nitrogens is 4. The normalized spacial score (nSPS) is 10.9. The molecule has 0 unspecified atom stereocenters. The molecule has 2 amide bonds. The quantitative estimate of drug-likeness (QED) is 0.356. The Kier molecular flexibility index (Phi) is 7.43. The lowest BCUT2D eigenvalue weighted by Gasteiger charge is -2.06. The van der Waals surface area contributed by atoms with Gasteiger partial charge in [-0.2, -0.15) is 9.61 Å². The third-order valence-corrected chi connectivity index (χ3v) is 5.72. The van der Waals surface area contributed by atoms with Crippen LogP contribution in [0.4, 0.5) is 8.78 Å². The highest BCUT2D eigenvalue weighted by Gasteiger charge is 2.11. The fourth-order valence-electron chi connectivity index (χ4n) is 3.03. The summed E-state index contributed by atoms with van der Waals surface area (Å²) < 4.78 is 27.5. The largest absolute Gasteiger partial charge is 0.352 e. The molecule has 2 N–H and O–H groups in total. The number of rotatable bonds is 9. The Labute approximate surface area is 197 Å². The molecule has 0 bridgehead atoms. The smallest absolute Gasteiger partial charge is 0.251 e. The summed E-state index contributed by atoms with van der Waals surface area (Å²) in [5.41, 5.74) is 1.71. The molecule has 0 aliphatic rings. The van der Waals surface area contributed by atoms with Gasteiger partial charge in [0.05, 0.1) is 5.75 Å². The van der Waals surface area contributed by atoms with Crippen molar-refractivity contribution in [3.05, 3.63) is 89.2 Å². The molecule has 0 saturated carbocycles. The first-order chi connectivity index (χ1) is 16.5. The molecule has 2 aromatic heterocycles. The molecule has 11 heteroatoms. The Morgan fingerprint density at radius 1 is 0.882 bits per heavy atom. The SMILES string of the molecule is O=C(CSc1ccc2nnc(CCNC(=O)c3ccc(F)cc3)n2n1)NCc1ccc(F)cc1. The average molecular weight is 483 g/mol. The van der Waals surface area contributed by atoms with Crippen molar-refractivity contribution >= 4 is 29.2 Å². The van der Waals surface area contributed by atoms with Gasteiger partial charge >= 0.3 is 0 Å². The zero-order valence-electron chi connectivity index (χ0n) is 17.9. The summed E-state index contributed by atoms with van der Waals surface area (Å²) in [6, 6.07) is 14.7. The summed E-state index contributed by atoms with van der Waals surface area (Å²) in [6.45, 7) is 0.604. The third kappa shape index (κ3) is 6.13. The fourth-order valence-corrected chi connectivity index (χ4v) is 3.72. The maximum Gasteiger partial charge on any atom is 0.251 e. The predicted molar refractivity (Wildman–Crippen MR) is 122 cm³/mol. The van der Waals surface area contributed by atoms with Crippen LogP contribution in [-0.4, -0.2) is 43.9 Å². The molecule has 0 saturated heterocycles. The Hall–Kier alpha value is -3.86. The van der Waals surface area contributed by atoms with E-state index in [0.717, 1.165) is 5.56 Å². The van der Waals surface area contributed by atoms with Crippen LogP contribution in [-0.2, 0) is 17.8 Å². The molecular formula is C23H20F2N6O2S. The van der Waals surface area contributed by atoms with E-state index >= 15 is 0 Å². The van der Waals surface area contributed by atoms with Crippen molar-refractivity contribution in [2.24, 2.45) is 0 Å². The van der Waals surface area contributed by atoms with Crippen molar-refractivity contribution in [3.63, 3.8) is 0 Å². The number of nitrogens with zero attached hydrogens (tertiary/aromatic N) is 4. The highest BCUT2D eigenvalue weighted by molar-refractivity contribution is 7.99. The summed E-state index contributed by atoms with van der Waals surface area (Å²) in [6.07, 6.45) is 0.382. The van der Waals surface area contributed by atoms with Gasteiger partial charge in [-0.05, 0) is 54.1 Å². The lowest BCUT2D eigenvalue weighted by Crippen LogP contribution is -2.26. The van der Waals surface area contributed by atoms with Crippen LogP contribution in [0.1, 0.15) is 21.7 Å². The second kappa shape index (κ2) is 10.8.